The molecular formula is C9H9BrO2S. The molecule has 0 spiro atoms. The Hall–Kier alpha value is -0.610. The van der Waals surface area contributed by atoms with E-state index >= 15 is 0 Å². The second-order valence-corrected chi connectivity index (χ2v) is 4.72. The van der Waals surface area contributed by atoms with Crippen molar-refractivity contribution in [3.05, 3.63) is 26.9 Å². The lowest BCUT2D eigenvalue weighted by Crippen LogP contribution is -1.98. The first-order chi connectivity index (χ1) is 6.22. The monoisotopic (exact) mass is 260 g/mol. The van der Waals surface area contributed by atoms with E-state index in [-0.39, 0.29) is 5.97 Å². The maximum Gasteiger partial charge on any atom is 0.330 e. The van der Waals surface area contributed by atoms with Gasteiger partial charge in [0.15, 0.2) is 0 Å². The van der Waals surface area contributed by atoms with E-state index in [4.69, 9.17) is 4.74 Å². The number of hydrogen-bond donors (Lipinski definition) is 0. The van der Waals surface area contributed by atoms with Crippen molar-refractivity contribution in [1.82, 2.24) is 0 Å². The van der Waals surface area contributed by atoms with E-state index in [1.165, 1.54) is 6.08 Å². The molecule has 0 aliphatic heterocycles. The summed E-state index contributed by atoms with van der Waals surface area (Å²) in [4.78, 5) is 11.9. The van der Waals surface area contributed by atoms with E-state index in [2.05, 4.69) is 15.9 Å². The molecule has 1 heterocycles. The first kappa shape index (κ1) is 10.5. The van der Waals surface area contributed by atoms with E-state index in [1.807, 2.05) is 12.1 Å². The number of rotatable bonds is 3. The van der Waals surface area contributed by atoms with E-state index in [1.54, 1.807) is 24.3 Å². The van der Waals surface area contributed by atoms with Gasteiger partial charge in [0, 0.05) is 11.0 Å². The zero-order chi connectivity index (χ0) is 9.68. The van der Waals surface area contributed by atoms with Crippen LogP contribution in [0.5, 0.6) is 0 Å². The lowest BCUT2D eigenvalue weighted by Gasteiger charge is -1.93. The smallest absolute Gasteiger partial charge is 0.330 e. The molecule has 70 valence electrons. The molecule has 0 N–H and O–H groups in total. The van der Waals surface area contributed by atoms with Gasteiger partial charge in [0.1, 0.15) is 0 Å². The fourth-order valence-corrected chi connectivity index (χ4v) is 2.08. The van der Waals surface area contributed by atoms with Gasteiger partial charge >= 0.3 is 5.97 Å². The van der Waals surface area contributed by atoms with Crippen LogP contribution in [0.3, 0.4) is 0 Å². The molecule has 1 aromatic heterocycles. The molecule has 0 radical (unpaired) electrons. The second kappa shape index (κ2) is 5.19. The maximum absolute atomic E-state index is 10.9. The van der Waals surface area contributed by atoms with Crippen molar-refractivity contribution in [1.29, 1.82) is 0 Å². The zero-order valence-corrected chi connectivity index (χ0v) is 9.52. The Labute approximate surface area is 89.3 Å². The van der Waals surface area contributed by atoms with Gasteiger partial charge in [0.25, 0.3) is 0 Å². The van der Waals surface area contributed by atoms with E-state index < -0.39 is 0 Å². The van der Waals surface area contributed by atoms with Gasteiger partial charge < -0.3 is 4.74 Å². The van der Waals surface area contributed by atoms with Crippen molar-refractivity contribution in [2.45, 2.75) is 6.92 Å². The number of ether oxygens (including phenoxy) is 1. The third kappa shape index (κ3) is 3.74. The van der Waals surface area contributed by atoms with Crippen LogP contribution in [0.1, 0.15) is 11.8 Å². The van der Waals surface area contributed by atoms with Gasteiger partial charge in [-0.15, -0.1) is 11.3 Å². The second-order valence-electron chi connectivity index (χ2n) is 2.23. The van der Waals surface area contributed by atoms with Crippen LogP contribution in [-0.4, -0.2) is 12.6 Å². The maximum atomic E-state index is 10.9. The molecule has 0 aliphatic rings. The minimum Gasteiger partial charge on any atom is -0.463 e. The van der Waals surface area contributed by atoms with Gasteiger partial charge in [0.05, 0.1) is 10.4 Å². The predicted octanol–water partition coefficient (Wildman–Crippen LogP) is 3.09. The SMILES string of the molecule is CCOC(=O)C=Cc1ccc(Br)s1. The Morgan fingerprint density at radius 1 is 1.69 bits per heavy atom. The van der Waals surface area contributed by atoms with Gasteiger partial charge in [-0.3, -0.25) is 0 Å². The number of carbonyl (C=O) groups excluding carboxylic acids is 1. The standard InChI is InChI=1S/C9H9BrO2S/c1-2-12-9(11)6-4-7-3-5-8(10)13-7/h3-6H,2H2,1H3. The summed E-state index contributed by atoms with van der Waals surface area (Å²) in [7, 11) is 0. The topological polar surface area (TPSA) is 26.3 Å². The van der Waals surface area contributed by atoms with Crippen molar-refractivity contribution in [3.8, 4) is 0 Å². The summed E-state index contributed by atoms with van der Waals surface area (Å²) in [5, 5.41) is 0. The van der Waals surface area contributed by atoms with Crippen molar-refractivity contribution < 1.29 is 9.53 Å². The normalized spacial score (nSPS) is 10.6. The summed E-state index contributed by atoms with van der Waals surface area (Å²) >= 11 is 4.91. The fraction of sp³-hybridized carbons (Fsp3) is 0.222. The van der Waals surface area contributed by atoms with Gasteiger partial charge in [0.2, 0.25) is 0 Å². The quantitative estimate of drug-likeness (QED) is 0.617. The summed E-state index contributed by atoms with van der Waals surface area (Å²) in [5.74, 6) is -0.299. The molecule has 0 unspecified atom stereocenters. The Morgan fingerprint density at radius 2 is 2.46 bits per heavy atom. The first-order valence-corrected chi connectivity index (χ1v) is 5.43. The number of thiophene rings is 1. The first-order valence-electron chi connectivity index (χ1n) is 3.82. The summed E-state index contributed by atoms with van der Waals surface area (Å²) < 4.78 is 5.79. The molecule has 0 saturated carbocycles. The summed E-state index contributed by atoms with van der Waals surface area (Å²) in [6.07, 6.45) is 3.18. The summed E-state index contributed by atoms with van der Waals surface area (Å²) in [6, 6.07) is 3.87. The van der Waals surface area contributed by atoms with Crippen molar-refractivity contribution in [3.63, 3.8) is 0 Å². The average molecular weight is 261 g/mol. The van der Waals surface area contributed by atoms with Gasteiger partial charge in [-0.1, -0.05) is 0 Å². The van der Waals surface area contributed by atoms with Crippen LogP contribution in [0.4, 0.5) is 0 Å². The molecule has 0 fully saturated rings. The molecule has 0 amide bonds. The molecule has 4 heteroatoms. The van der Waals surface area contributed by atoms with Crippen molar-refractivity contribution in [2.75, 3.05) is 6.61 Å². The van der Waals surface area contributed by atoms with Crippen LogP contribution in [0.15, 0.2) is 22.0 Å². The molecule has 0 aromatic carbocycles. The lowest BCUT2D eigenvalue weighted by molar-refractivity contribution is -0.137. The average Bonchev–Trinajstić information content (AvgIpc) is 2.49. The highest BCUT2D eigenvalue weighted by Crippen LogP contribution is 2.22. The summed E-state index contributed by atoms with van der Waals surface area (Å²) in [6.45, 7) is 2.20. The number of carbonyl (C=O) groups is 1. The van der Waals surface area contributed by atoms with Crippen LogP contribution in [-0.2, 0) is 9.53 Å². The fourth-order valence-electron chi connectivity index (χ4n) is 0.758. The minimum absolute atomic E-state index is 0.299. The van der Waals surface area contributed by atoms with Crippen LogP contribution in [0.2, 0.25) is 0 Å². The van der Waals surface area contributed by atoms with Crippen molar-refractivity contribution >= 4 is 39.3 Å². The number of halogens is 1. The molecule has 0 aliphatic carbocycles. The molecule has 1 aromatic rings. The minimum atomic E-state index is -0.299. The number of hydrogen-bond acceptors (Lipinski definition) is 3. The molecule has 2 nitrogen and oxygen atoms in total. The molecular weight excluding hydrogens is 252 g/mol. The van der Waals surface area contributed by atoms with E-state index in [0.29, 0.717) is 6.61 Å². The predicted molar refractivity (Wildman–Crippen MR) is 57.7 cm³/mol. The summed E-state index contributed by atoms with van der Waals surface area (Å²) in [5.41, 5.74) is 0. The third-order valence-corrected chi connectivity index (χ3v) is 2.85. The molecule has 0 atom stereocenters. The van der Waals surface area contributed by atoms with Crippen LogP contribution < -0.4 is 0 Å². The molecule has 0 bridgehead atoms. The molecule has 13 heavy (non-hydrogen) atoms. The van der Waals surface area contributed by atoms with E-state index in [0.717, 1.165) is 8.66 Å². The van der Waals surface area contributed by atoms with Crippen LogP contribution >= 0.6 is 27.3 Å². The number of esters is 1. The Balaban J connectivity index is 2.53. The van der Waals surface area contributed by atoms with Crippen molar-refractivity contribution in [2.24, 2.45) is 0 Å². The largest absolute Gasteiger partial charge is 0.463 e. The van der Waals surface area contributed by atoms with Gasteiger partial charge in [-0.2, -0.15) is 0 Å². The lowest BCUT2D eigenvalue weighted by atomic mass is 10.4. The molecule has 0 saturated heterocycles. The third-order valence-electron chi connectivity index (χ3n) is 1.26. The Kier molecular flexibility index (Phi) is 4.18. The molecule has 1 rings (SSSR count). The Morgan fingerprint density at radius 3 is 3.00 bits per heavy atom. The van der Waals surface area contributed by atoms with Crippen LogP contribution in [0, 0.1) is 0 Å². The van der Waals surface area contributed by atoms with Gasteiger partial charge in [-0.25, -0.2) is 4.79 Å². The van der Waals surface area contributed by atoms with E-state index in [9.17, 15) is 4.79 Å². The zero-order valence-electron chi connectivity index (χ0n) is 7.12. The highest BCUT2D eigenvalue weighted by Gasteiger charge is 1.95. The highest BCUT2D eigenvalue weighted by molar-refractivity contribution is 9.11. The highest BCUT2D eigenvalue weighted by atomic mass is 79.9. The van der Waals surface area contributed by atoms with Crippen LogP contribution in [0.25, 0.3) is 6.08 Å². The Bertz CT molecular complexity index is 317. The van der Waals surface area contributed by atoms with Gasteiger partial charge in [-0.05, 0) is 41.1 Å².